The van der Waals surface area contributed by atoms with Gasteiger partial charge in [-0.1, -0.05) is 12.1 Å². The average Bonchev–Trinajstić information content (AvgIpc) is 3.24. The monoisotopic (exact) mass is 423 g/mol. The predicted molar refractivity (Wildman–Crippen MR) is 109 cm³/mol. The zero-order valence-corrected chi connectivity index (χ0v) is 17.5. The fraction of sp³-hybridized carbons (Fsp3) is 0.600. The number of hydrogen-bond donors (Lipinski definition) is 3. The van der Waals surface area contributed by atoms with Crippen molar-refractivity contribution in [2.24, 2.45) is 11.7 Å². The molecule has 2 heterocycles. The van der Waals surface area contributed by atoms with Crippen molar-refractivity contribution < 1.29 is 22.9 Å². The van der Waals surface area contributed by atoms with Crippen molar-refractivity contribution in [2.75, 3.05) is 39.3 Å². The van der Waals surface area contributed by atoms with E-state index in [4.69, 9.17) is 5.73 Å². The smallest absolute Gasteiger partial charge is 0.250 e. The van der Waals surface area contributed by atoms with Crippen LogP contribution in [0, 0.1) is 5.92 Å². The van der Waals surface area contributed by atoms with Crippen LogP contribution in [-0.2, 0) is 14.8 Å². The molecule has 0 aromatic heterocycles. The molecule has 2 fully saturated rings. The summed E-state index contributed by atoms with van der Waals surface area (Å²) in [7, 11) is -3.82. The Hall–Kier alpha value is -1.97. The van der Waals surface area contributed by atoms with Gasteiger partial charge >= 0.3 is 0 Å². The van der Waals surface area contributed by atoms with Gasteiger partial charge in [-0.2, -0.15) is 4.31 Å². The van der Waals surface area contributed by atoms with E-state index in [-0.39, 0.29) is 35.4 Å². The summed E-state index contributed by atoms with van der Waals surface area (Å²) < 4.78 is 27.2. The summed E-state index contributed by atoms with van der Waals surface area (Å²) in [6, 6.07) is 5.97. The highest BCUT2D eigenvalue weighted by molar-refractivity contribution is 7.89. The molecule has 2 saturated heterocycles. The van der Waals surface area contributed by atoms with Gasteiger partial charge in [0.2, 0.25) is 21.8 Å². The highest BCUT2D eigenvalue weighted by atomic mass is 32.2. The van der Waals surface area contributed by atoms with Crippen molar-refractivity contribution in [2.45, 2.75) is 37.0 Å². The molecule has 8 nitrogen and oxygen atoms in total. The van der Waals surface area contributed by atoms with Gasteiger partial charge in [-0.05, 0) is 25.0 Å². The van der Waals surface area contributed by atoms with E-state index in [1.807, 2.05) is 0 Å². The highest BCUT2D eigenvalue weighted by Gasteiger charge is 2.33. The van der Waals surface area contributed by atoms with E-state index in [0.717, 1.165) is 13.0 Å². The molecule has 2 aliphatic heterocycles. The average molecular weight is 424 g/mol. The van der Waals surface area contributed by atoms with Gasteiger partial charge in [0.05, 0.1) is 30.1 Å². The molecule has 0 atom stereocenters. The SMILES string of the molecule is NC(=O)c1ccccc1S(=O)(=O)N1CCC(C(=O)NCCC[NH+]2CCCC2)CC1. The lowest BCUT2D eigenvalue weighted by molar-refractivity contribution is -0.887. The summed E-state index contributed by atoms with van der Waals surface area (Å²) in [4.78, 5) is 25.6. The number of amides is 2. The van der Waals surface area contributed by atoms with Crippen molar-refractivity contribution in [3.63, 3.8) is 0 Å². The Balaban J connectivity index is 1.49. The lowest BCUT2D eigenvalue weighted by Gasteiger charge is -2.31. The zero-order chi connectivity index (χ0) is 20.9. The normalized spacial score (nSPS) is 19.3. The minimum Gasteiger partial charge on any atom is -0.366 e. The molecule has 29 heavy (non-hydrogen) atoms. The van der Waals surface area contributed by atoms with E-state index >= 15 is 0 Å². The van der Waals surface area contributed by atoms with Gasteiger partial charge < -0.3 is 16.0 Å². The first-order valence-corrected chi connectivity index (χ1v) is 11.8. The van der Waals surface area contributed by atoms with Crippen molar-refractivity contribution in [3.05, 3.63) is 29.8 Å². The Morgan fingerprint density at radius 3 is 2.45 bits per heavy atom. The van der Waals surface area contributed by atoms with Crippen LogP contribution in [0.5, 0.6) is 0 Å². The van der Waals surface area contributed by atoms with E-state index in [1.54, 1.807) is 17.0 Å². The molecule has 0 bridgehead atoms. The van der Waals surface area contributed by atoms with Gasteiger partial charge in [0.15, 0.2) is 0 Å². The number of carbonyl (C=O) groups is 2. The molecule has 1 aromatic rings. The Morgan fingerprint density at radius 2 is 1.79 bits per heavy atom. The number of primary amides is 1. The van der Waals surface area contributed by atoms with Crippen molar-refractivity contribution in [1.29, 1.82) is 0 Å². The molecule has 9 heteroatoms. The fourth-order valence-electron chi connectivity index (χ4n) is 4.21. The molecule has 0 spiro atoms. The van der Waals surface area contributed by atoms with Crippen LogP contribution in [0.2, 0.25) is 0 Å². The summed E-state index contributed by atoms with van der Waals surface area (Å²) >= 11 is 0. The van der Waals surface area contributed by atoms with Crippen molar-refractivity contribution in [3.8, 4) is 0 Å². The minimum atomic E-state index is -3.82. The van der Waals surface area contributed by atoms with E-state index in [1.165, 1.54) is 42.4 Å². The van der Waals surface area contributed by atoms with Gasteiger partial charge in [-0.25, -0.2) is 8.42 Å². The van der Waals surface area contributed by atoms with Crippen LogP contribution in [0.25, 0.3) is 0 Å². The van der Waals surface area contributed by atoms with E-state index in [2.05, 4.69) is 5.32 Å². The number of sulfonamides is 1. The number of carbonyl (C=O) groups excluding carboxylic acids is 2. The first-order valence-electron chi connectivity index (χ1n) is 10.4. The molecule has 160 valence electrons. The molecule has 0 radical (unpaired) electrons. The molecular formula is C20H31N4O4S+. The quantitative estimate of drug-likeness (QED) is 0.483. The number of piperidine rings is 1. The first kappa shape index (κ1) is 21.7. The summed E-state index contributed by atoms with van der Waals surface area (Å²) in [6.07, 6.45) is 4.51. The van der Waals surface area contributed by atoms with Gasteiger partial charge in [-0.15, -0.1) is 0 Å². The molecule has 2 amide bonds. The summed E-state index contributed by atoms with van der Waals surface area (Å²) in [6.45, 7) is 4.75. The largest absolute Gasteiger partial charge is 0.366 e. The molecule has 3 rings (SSSR count). The molecule has 2 aliphatic rings. The summed E-state index contributed by atoms with van der Waals surface area (Å²) in [5.74, 6) is -0.933. The Morgan fingerprint density at radius 1 is 1.14 bits per heavy atom. The Bertz CT molecular complexity index is 829. The van der Waals surface area contributed by atoms with Crippen LogP contribution in [-0.4, -0.2) is 63.8 Å². The topological polar surface area (TPSA) is 114 Å². The van der Waals surface area contributed by atoms with Gasteiger partial charge in [0.25, 0.3) is 0 Å². The molecule has 0 aliphatic carbocycles. The molecular weight excluding hydrogens is 392 g/mol. The number of nitrogens with zero attached hydrogens (tertiary/aromatic N) is 1. The Labute approximate surface area is 172 Å². The van der Waals surface area contributed by atoms with Gasteiger partial charge in [-0.3, -0.25) is 9.59 Å². The number of benzene rings is 1. The fourth-order valence-corrected chi connectivity index (χ4v) is 5.88. The minimum absolute atomic E-state index is 0.00695. The van der Waals surface area contributed by atoms with E-state index < -0.39 is 15.9 Å². The molecule has 0 saturated carbocycles. The molecule has 0 unspecified atom stereocenters. The van der Waals surface area contributed by atoms with Crippen LogP contribution in [0.15, 0.2) is 29.2 Å². The second kappa shape index (κ2) is 9.69. The number of nitrogens with two attached hydrogens (primary N) is 1. The number of hydrogen-bond acceptors (Lipinski definition) is 4. The maximum Gasteiger partial charge on any atom is 0.250 e. The summed E-state index contributed by atoms with van der Waals surface area (Å²) in [5, 5.41) is 3.00. The molecule has 4 N–H and O–H groups in total. The van der Waals surface area contributed by atoms with Gasteiger partial charge in [0.1, 0.15) is 0 Å². The maximum absolute atomic E-state index is 12.9. The van der Waals surface area contributed by atoms with Gasteiger partial charge in [0, 0.05) is 44.8 Å². The van der Waals surface area contributed by atoms with Crippen LogP contribution in [0.3, 0.4) is 0 Å². The van der Waals surface area contributed by atoms with E-state index in [0.29, 0.717) is 19.4 Å². The lowest BCUT2D eigenvalue weighted by Crippen LogP contribution is -3.10. The van der Waals surface area contributed by atoms with E-state index in [9.17, 15) is 18.0 Å². The predicted octanol–water partition coefficient (Wildman–Crippen LogP) is -0.629. The number of likely N-dealkylation sites (tertiary alicyclic amines) is 1. The number of rotatable bonds is 8. The maximum atomic E-state index is 12.9. The van der Waals surface area contributed by atoms with Crippen LogP contribution in [0.1, 0.15) is 42.5 Å². The second-order valence-corrected chi connectivity index (χ2v) is 9.80. The third-order valence-corrected chi connectivity index (χ3v) is 7.87. The third-order valence-electron chi connectivity index (χ3n) is 5.91. The highest BCUT2D eigenvalue weighted by Crippen LogP contribution is 2.25. The Kier molecular flexibility index (Phi) is 7.26. The summed E-state index contributed by atoms with van der Waals surface area (Å²) in [5.41, 5.74) is 5.32. The second-order valence-electron chi connectivity index (χ2n) is 7.89. The van der Waals surface area contributed by atoms with Crippen molar-refractivity contribution in [1.82, 2.24) is 9.62 Å². The van der Waals surface area contributed by atoms with Crippen LogP contribution in [0.4, 0.5) is 0 Å². The zero-order valence-electron chi connectivity index (χ0n) is 16.7. The number of nitrogens with one attached hydrogen (secondary N) is 2. The number of quaternary nitrogens is 1. The third kappa shape index (κ3) is 5.34. The van der Waals surface area contributed by atoms with Crippen LogP contribution >= 0.6 is 0 Å². The molecule has 1 aromatic carbocycles. The van der Waals surface area contributed by atoms with Crippen LogP contribution < -0.4 is 16.0 Å². The van der Waals surface area contributed by atoms with Crippen molar-refractivity contribution >= 4 is 21.8 Å². The lowest BCUT2D eigenvalue weighted by atomic mass is 9.97. The first-order chi connectivity index (χ1) is 13.9. The standard InChI is InChI=1S/C20H30N4O4S/c21-19(25)17-6-1-2-7-18(17)29(27,28)24-14-8-16(9-15-24)20(26)22-10-5-13-23-11-3-4-12-23/h1-2,6-7,16H,3-5,8-15H2,(H2,21,25)(H,22,26)/p+1.